The molecular weight excluding hydrogens is 119 g/mol. The lowest BCUT2D eigenvalue weighted by atomic mass is 9.97. The van der Waals surface area contributed by atoms with Crippen LogP contribution in [0.2, 0.25) is 0 Å². The maximum atomic E-state index is 11.8. The quantitative estimate of drug-likeness (QED) is 0.556. The van der Waals surface area contributed by atoms with E-state index in [1.807, 2.05) is 0 Å². The van der Waals surface area contributed by atoms with Crippen LogP contribution >= 0.6 is 0 Å². The normalized spacial score (nSPS) is 35.3. The molecule has 1 heterocycles. The molecule has 54 valence electrons. The number of hydrogen-bond acceptors (Lipinski definition) is 2. The van der Waals surface area contributed by atoms with Crippen molar-refractivity contribution < 1.29 is 4.39 Å². The highest BCUT2D eigenvalue weighted by atomic mass is 19.1. The maximum absolute atomic E-state index is 11.8. The standard InChI is InChI=1S/C6H13FN2/c7-3-1-6(8)2-4-9-5-6/h9H,1-5,8H2. The van der Waals surface area contributed by atoms with E-state index in [4.69, 9.17) is 5.73 Å². The van der Waals surface area contributed by atoms with E-state index in [-0.39, 0.29) is 12.2 Å². The van der Waals surface area contributed by atoms with Crippen molar-refractivity contribution in [3.63, 3.8) is 0 Å². The summed E-state index contributed by atoms with van der Waals surface area (Å²) in [7, 11) is 0. The highest BCUT2D eigenvalue weighted by molar-refractivity contribution is 4.91. The molecule has 1 saturated heterocycles. The maximum Gasteiger partial charge on any atom is 0.0912 e. The Morgan fingerprint density at radius 2 is 2.44 bits per heavy atom. The lowest BCUT2D eigenvalue weighted by molar-refractivity contribution is 0.356. The van der Waals surface area contributed by atoms with Gasteiger partial charge in [-0.1, -0.05) is 0 Å². The molecule has 1 unspecified atom stereocenters. The number of nitrogens with one attached hydrogen (secondary N) is 1. The minimum Gasteiger partial charge on any atom is -0.324 e. The molecule has 1 aliphatic rings. The molecule has 0 aromatic heterocycles. The van der Waals surface area contributed by atoms with Gasteiger partial charge in [-0.2, -0.15) is 0 Å². The molecule has 3 heteroatoms. The topological polar surface area (TPSA) is 38.0 Å². The summed E-state index contributed by atoms with van der Waals surface area (Å²) in [6.07, 6.45) is 1.41. The largest absolute Gasteiger partial charge is 0.324 e. The highest BCUT2D eigenvalue weighted by Crippen LogP contribution is 2.14. The van der Waals surface area contributed by atoms with Crippen molar-refractivity contribution >= 4 is 0 Å². The molecule has 0 bridgehead atoms. The second kappa shape index (κ2) is 2.62. The Labute approximate surface area is 54.6 Å². The van der Waals surface area contributed by atoms with E-state index in [1.165, 1.54) is 0 Å². The summed E-state index contributed by atoms with van der Waals surface area (Å²) < 4.78 is 11.8. The van der Waals surface area contributed by atoms with Gasteiger partial charge in [-0.15, -0.1) is 0 Å². The molecule has 0 radical (unpaired) electrons. The van der Waals surface area contributed by atoms with Gasteiger partial charge in [0.1, 0.15) is 0 Å². The minimum atomic E-state index is -0.293. The predicted molar refractivity (Wildman–Crippen MR) is 35.0 cm³/mol. The fraction of sp³-hybridized carbons (Fsp3) is 1.00. The Hall–Kier alpha value is -0.150. The lowest BCUT2D eigenvalue weighted by Gasteiger charge is -2.19. The van der Waals surface area contributed by atoms with Crippen LogP contribution in [0, 0.1) is 0 Å². The van der Waals surface area contributed by atoms with E-state index in [1.54, 1.807) is 0 Å². The SMILES string of the molecule is NC1(CCF)CCNC1. The van der Waals surface area contributed by atoms with Gasteiger partial charge in [0, 0.05) is 12.1 Å². The lowest BCUT2D eigenvalue weighted by Crippen LogP contribution is -2.42. The van der Waals surface area contributed by atoms with E-state index in [0.717, 1.165) is 19.5 Å². The molecular formula is C6H13FN2. The van der Waals surface area contributed by atoms with Gasteiger partial charge in [0.2, 0.25) is 0 Å². The van der Waals surface area contributed by atoms with Crippen LogP contribution < -0.4 is 11.1 Å². The summed E-state index contributed by atoms with van der Waals surface area (Å²) in [5.74, 6) is 0. The molecule has 1 rings (SSSR count). The zero-order valence-electron chi connectivity index (χ0n) is 5.49. The summed E-state index contributed by atoms with van der Waals surface area (Å²) >= 11 is 0. The van der Waals surface area contributed by atoms with Gasteiger partial charge in [0.25, 0.3) is 0 Å². The Balaban J connectivity index is 2.32. The second-order valence-electron chi connectivity index (χ2n) is 2.73. The number of rotatable bonds is 2. The van der Waals surface area contributed by atoms with Crippen LogP contribution in [-0.2, 0) is 0 Å². The van der Waals surface area contributed by atoms with E-state index >= 15 is 0 Å². The van der Waals surface area contributed by atoms with E-state index in [0.29, 0.717) is 6.42 Å². The van der Waals surface area contributed by atoms with E-state index < -0.39 is 0 Å². The molecule has 0 amide bonds. The van der Waals surface area contributed by atoms with E-state index in [9.17, 15) is 4.39 Å². The first-order valence-electron chi connectivity index (χ1n) is 3.32. The molecule has 9 heavy (non-hydrogen) atoms. The Morgan fingerprint density at radius 3 is 2.89 bits per heavy atom. The summed E-state index contributed by atoms with van der Waals surface area (Å²) in [4.78, 5) is 0. The van der Waals surface area contributed by atoms with Gasteiger partial charge in [-0.05, 0) is 19.4 Å². The number of hydrogen-bond donors (Lipinski definition) is 2. The Morgan fingerprint density at radius 1 is 1.67 bits per heavy atom. The molecule has 1 fully saturated rings. The van der Waals surface area contributed by atoms with Crippen molar-refractivity contribution in [3.05, 3.63) is 0 Å². The van der Waals surface area contributed by atoms with Crippen LogP contribution in [0.5, 0.6) is 0 Å². The fourth-order valence-corrected chi connectivity index (χ4v) is 1.16. The molecule has 0 aromatic carbocycles. The Kier molecular flexibility index (Phi) is 2.03. The minimum absolute atomic E-state index is 0.241. The van der Waals surface area contributed by atoms with Gasteiger partial charge in [0.05, 0.1) is 6.67 Å². The molecule has 0 aliphatic carbocycles. The van der Waals surface area contributed by atoms with Crippen molar-refractivity contribution in [1.82, 2.24) is 5.32 Å². The molecule has 1 aliphatic heterocycles. The molecule has 0 saturated carbocycles. The highest BCUT2D eigenvalue weighted by Gasteiger charge is 2.28. The average Bonchev–Trinajstić information content (AvgIpc) is 2.16. The van der Waals surface area contributed by atoms with Gasteiger partial charge >= 0.3 is 0 Å². The van der Waals surface area contributed by atoms with Crippen LogP contribution in [0.4, 0.5) is 4.39 Å². The number of halogens is 1. The van der Waals surface area contributed by atoms with Crippen LogP contribution in [0.1, 0.15) is 12.8 Å². The van der Waals surface area contributed by atoms with Crippen molar-refractivity contribution in [2.24, 2.45) is 5.73 Å². The van der Waals surface area contributed by atoms with Crippen LogP contribution in [0.15, 0.2) is 0 Å². The molecule has 2 nitrogen and oxygen atoms in total. The third-order valence-electron chi connectivity index (χ3n) is 1.87. The monoisotopic (exact) mass is 132 g/mol. The van der Waals surface area contributed by atoms with Crippen LogP contribution in [0.25, 0.3) is 0 Å². The molecule has 0 spiro atoms. The summed E-state index contributed by atoms with van der Waals surface area (Å²) in [6, 6.07) is 0. The first-order chi connectivity index (χ1) is 4.27. The first-order valence-corrected chi connectivity index (χ1v) is 3.32. The van der Waals surface area contributed by atoms with Crippen LogP contribution in [-0.4, -0.2) is 25.3 Å². The smallest absolute Gasteiger partial charge is 0.0912 e. The van der Waals surface area contributed by atoms with Crippen molar-refractivity contribution in [2.75, 3.05) is 19.8 Å². The third kappa shape index (κ3) is 1.63. The summed E-state index contributed by atoms with van der Waals surface area (Å²) in [6.45, 7) is 1.42. The molecule has 0 aromatic rings. The van der Waals surface area contributed by atoms with Crippen molar-refractivity contribution in [3.8, 4) is 0 Å². The van der Waals surface area contributed by atoms with Gasteiger partial charge < -0.3 is 11.1 Å². The van der Waals surface area contributed by atoms with Crippen molar-refractivity contribution in [1.29, 1.82) is 0 Å². The van der Waals surface area contributed by atoms with Gasteiger partial charge in [0.15, 0.2) is 0 Å². The first kappa shape index (κ1) is 6.96. The average molecular weight is 132 g/mol. The predicted octanol–water partition coefficient (Wildman–Crippen LogP) is 0.0368. The second-order valence-corrected chi connectivity index (χ2v) is 2.73. The number of nitrogens with two attached hydrogens (primary N) is 1. The third-order valence-corrected chi connectivity index (χ3v) is 1.87. The fourth-order valence-electron chi connectivity index (χ4n) is 1.16. The van der Waals surface area contributed by atoms with Crippen LogP contribution in [0.3, 0.4) is 0 Å². The summed E-state index contributed by atoms with van der Waals surface area (Å²) in [5.41, 5.74) is 5.53. The van der Waals surface area contributed by atoms with Gasteiger partial charge in [-0.25, -0.2) is 0 Å². The zero-order valence-corrected chi connectivity index (χ0v) is 5.49. The van der Waals surface area contributed by atoms with Gasteiger partial charge in [-0.3, -0.25) is 4.39 Å². The molecule has 1 atom stereocenters. The zero-order chi connectivity index (χ0) is 6.74. The van der Waals surface area contributed by atoms with Crippen molar-refractivity contribution in [2.45, 2.75) is 18.4 Å². The van der Waals surface area contributed by atoms with E-state index in [2.05, 4.69) is 5.32 Å². The number of alkyl halides is 1. The molecule has 3 N–H and O–H groups in total. The summed E-state index contributed by atoms with van der Waals surface area (Å²) in [5, 5.41) is 3.11. The Bertz CT molecular complexity index is 89.1.